The van der Waals surface area contributed by atoms with Gasteiger partial charge in [0.2, 0.25) is 0 Å². The van der Waals surface area contributed by atoms with Crippen molar-refractivity contribution in [3.63, 3.8) is 0 Å². The number of nitrogens with zero attached hydrogens (tertiary/aromatic N) is 2. The van der Waals surface area contributed by atoms with Crippen LogP contribution < -0.4 is 0 Å². The highest BCUT2D eigenvalue weighted by atomic mass is 19.4. The van der Waals surface area contributed by atoms with Crippen molar-refractivity contribution in [2.45, 2.75) is 31.5 Å². The Hall–Kier alpha value is -1.53. The van der Waals surface area contributed by atoms with Gasteiger partial charge in [0, 0.05) is 0 Å². The van der Waals surface area contributed by atoms with Gasteiger partial charge in [-0.05, 0) is 19.3 Å². The summed E-state index contributed by atoms with van der Waals surface area (Å²) in [5.74, 6) is -1.60. The molecule has 4 nitrogen and oxygen atoms in total. The van der Waals surface area contributed by atoms with E-state index in [0.717, 1.165) is 17.3 Å². The number of carboxylic acids is 1. The molecule has 0 unspecified atom stereocenters. The molecular formula is C9H9F3N2O2. The predicted molar refractivity (Wildman–Crippen MR) is 47.1 cm³/mol. The van der Waals surface area contributed by atoms with Crippen molar-refractivity contribution < 1.29 is 23.1 Å². The fourth-order valence-corrected chi connectivity index (χ4v) is 1.71. The third-order valence-corrected chi connectivity index (χ3v) is 2.71. The minimum absolute atomic E-state index is 0.315. The Morgan fingerprint density at radius 1 is 1.50 bits per heavy atom. The summed E-state index contributed by atoms with van der Waals surface area (Å²) in [6.07, 6.45) is -1.83. The van der Waals surface area contributed by atoms with Crippen molar-refractivity contribution in [1.82, 2.24) is 9.78 Å². The van der Waals surface area contributed by atoms with Gasteiger partial charge in [-0.1, -0.05) is 0 Å². The normalized spacial score (nSPS) is 17.2. The average molecular weight is 234 g/mol. The van der Waals surface area contributed by atoms with E-state index < -0.39 is 23.4 Å². The van der Waals surface area contributed by atoms with Gasteiger partial charge in [0.05, 0.1) is 12.2 Å². The van der Waals surface area contributed by atoms with Crippen molar-refractivity contribution in [3.8, 4) is 0 Å². The number of aromatic nitrogens is 2. The molecule has 0 aromatic carbocycles. The van der Waals surface area contributed by atoms with Crippen LogP contribution in [0.2, 0.25) is 0 Å². The van der Waals surface area contributed by atoms with E-state index in [2.05, 4.69) is 5.10 Å². The SMILES string of the molecule is O=C(O)c1cnn(C2CCC2)c1C(F)(F)F. The lowest BCUT2D eigenvalue weighted by atomic mass is 9.93. The second kappa shape index (κ2) is 3.50. The monoisotopic (exact) mass is 234 g/mol. The van der Waals surface area contributed by atoms with E-state index >= 15 is 0 Å². The smallest absolute Gasteiger partial charge is 0.433 e. The molecule has 1 aliphatic carbocycles. The molecule has 1 saturated carbocycles. The Labute approximate surface area is 88.7 Å². The summed E-state index contributed by atoms with van der Waals surface area (Å²) in [5.41, 5.74) is -1.93. The molecule has 0 saturated heterocycles. The quantitative estimate of drug-likeness (QED) is 0.854. The summed E-state index contributed by atoms with van der Waals surface area (Å²) in [4.78, 5) is 10.7. The number of carbonyl (C=O) groups is 1. The van der Waals surface area contributed by atoms with Gasteiger partial charge in [-0.25, -0.2) is 4.79 Å². The van der Waals surface area contributed by atoms with Crippen molar-refractivity contribution >= 4 is 5.97 Å². The first-order valence-electron chi connectivity index (χ1n) is 4.79. The van der Waals surface area contributed by atoms with Gasteiger partial charge in [-0.2, -0.15) is 18.3 Å². The maximum Gasteiger partial charge on any atom is 0.433 e. The number of hydrogen-bond acceptors (Lipinski definition) is 2. The topological polar surface area (TPSA) is 55.1 Å². The Morgan fingerprint density at radius 2 is 2.12 bits per heavy atom. The zero-order valence-corrected chi connectivity index (χ0v) is 8.16. The lowest BCUT2D eigenvalue weighted by Crippen LogP contribution is -2.25. The Morgan fingerprint density at radius 3 is 2.50 bits per heavy atom. The number of carboxylic acid groups (broad SMARTS) is 1. The van der Waals surface area contributed by atoms with Crippen LogP contribution in [-0.2, 0) is 6.18 Å². The molecule has 7 heteroatoms. The zero-order chi connectivity index (χ0) is 11.9. The molecule has 1 heterocycles. The zero-order valence-electron chi connectivity index (χ0n) is 8.16. The third kappa shape index (κ3) is 1.66. The van der Waals surface area contributed by atoms with E-state index in [9.17, 15) is 18.0 Å². The molecule has 2 rings (SSSR count). The second-order valence-corrected chi connectivity index (χ2v) is 3.74. The summed E-state index contributed by atoms with van der Waals surface area (Å²) >= 11 is 0. The molecule has 1 N–H and O–H groups in total. The van der Waals surface area contributed by atoms with Gasteiger partial charge in [0.25, 0.3) is 0 Å². The van der Waals surface area contributed by atoms with Crippen LogP contribution in [0.1, 0.15) is 41.4 Å². The van der Waals surface area contributed by atoms with E-state index in [0.29, 0.717) is 12.8 Å². The molecule has 0 radical (unpaired) electrons. The first-order chi connectivity index (χ1) is 7.41. The fourth-order valence-electron chi connectivity index (χ4n) is 1.71. The first kappa shape index (κ1) is 11.0. The van der Waals surface area contributed by atoms with Gasteiger partial charge in [0.1, 0.15) is 5.56 Å². The van der Waals surface area contributed by atoms with E-state index in [-0.39, 0.29) is 6.04 Å². The van der Waals surface area contributed by atoms with Crippen molar-refractivity contribution in [3.05, 3.63) is 17.5 Å². The van der Waals surface area contributed by atoms with Crippen LogP contribution in [0.15, 0.2) is 6.20 Å². The number of halogens is 3. The summed E-state index contributed by atoms with van der Waals surface area (Å²) in [7, 11) is 0. The Kier molecular flexibility index (Phi) is 2.40. The minimum Gasteiger partial charge on any atom is -0.478 e. The summed E-state index contributed by atoms with van der Waals surface area (Å²) in [5, 5.41) is 12.2. The molecule has 1 aromatic heterocycles. The van der Waals surface area contributed by atoms with E-state index in [1.807, 2.05) is 0 Å². The maximum absolute atomic E-state index is 12.7. The molecule has 16 heavy (non-hydrogen) atoms. The summed E-state index contributed by atoms with van der Waals surface area (Å²) < 4.78 is 38.9. The highest BCUT2D eigenvalue weighted by molar-refractivity contribution is 5.88. The molecule has 1 aliphatic rings. The second-order valence-electron chi connectivity index (χ2n) is 3.74. The Bertz CT molecular complexity index is 421. The summed E-state index contributed by atoms with van der Waals surface area (Å²) in [6.45, 7) is 0. The maximum atomic E-state index is 12.7. The van der Waals surface area contributed by atoms with Crippen molar-refractivity contribution in [2.75, 3.05) is 0 Å². The fraction of sp³-hybridized carbons (Fsp3) is 0.556. The number of alkyl halides is 3. The van der Waals surface area contributed by atoms with E-state index in [4.69, 9.17) is 5.11 Å². The molecule has 0 spiro atoms. The van der Waals surface area contributed by atoms with Gasteiger partial charge in [-0.3, -0.25) is 4.68 Å². The van der Waals surface area contributed by atoms with Gasteiger partial charge in [0.15, 0.2) is 5.69 Å². The van der Waals surface area contributed by atoms with Crippen LogP contribution in [0.5, 0.6) is 0 Å². The summed E-state index contributed by atoms with van der Waals surface area (Å²) in [6, 6.07) is -0.315. The molecule has 0 atom stereocenters. The van der Waals surface area contributed by atoms with Crippen LogP contribution in [0.3, 0.4) is 0 Å². The van der Waals surface area contributed by atoms with Crippen molar-refractivity contribution in [1.29, 1.82) is 0 Å². The molecule has 0 bridgehead atoms. The molecule has 0 amide bonds. The van der Waals surface area contributed by atoms with Crippen LogP contribution in [0.4, 0.5) is 13.2 Å². The van der Waals surface area contributed by atoms with E-state index in [1.54, 1.807) is 0 Å². The Balaban J connectivity index is 2.49. The highest BCUT2D eigenvalue weighted by Crippen LogP contribution is 2.38. The van der Waals surface area contributed by atoms with E-state index in [1.165, 1.54) is 0 Å². The predicted octanol–water partition coefficient (Wildman–Crippen LogP) is 2.33. The van der Waals surface area contributed by atoms with Gasteiger partial charge in [-0.15, -0.1) is 0 Å². The lowest BCUT2D eigenvalue weighted by molar-refractivity contribution is -0.146. The van der Waals surface area contributed by atoms with Crippen molar-refractivity contribution in [2.24, 2.45) is 0 Å². The van der Waals surface area contributed by atoms with Crippen LogP contribution >= 0.6 is 0 Å². The molecule has 88 valence electrons. The largest absolute Gasteiger partial charge is 0.478 e. The van der Waals surface area contributed by atoms with Crippen LogP contribution in [0.25, 0.3) is 0 Å². The minimum atomic E-state index is -4.68. The van der Waals surface area contributed by atoms with Crippen LogP contribution in [0, 0.1) is 0 Å². The average Bonchev–Trinajstić information content (AvgIpc) is 2.43. The number of rotatable bonds is 2. The molecule has 1 aromatic rings. The third-order valence-electron chi connectivity index (χ3n) is 2.71. The number of aromatic carboxylic acids is 1. The van der Waals surface area contributed by atoms with Crippen LogP contribution in [-0.4, -0.2) is 20.9 Å². The van der Waals surface area contributed by atoms with Gasteiger partial charge >= 0.3 is 12.1 Å². The molecular weight excluding hydrogens is 225 g/mol. The standard InChI is InChI=1S/C9H9F3N2O2/c10-9(11,12)7-6(8(15)16)4-13-14(7)5-2-1-3-5/h4-5H,1-3H2,(H,15,16). The van der Waals surface area contributed by atoms with Gasteiger partial charge < -0.3 is 5.11 Å². The first-order valence-corrected chi connectivity index (χ1v) is 4.79. The molecule has 1 fully saturated rings. The lowest BCUT2D eigenvalue weighted by Gasteiger charge is -2.28. The molecule has 0 aliphatic heterocycles. The number of hydrogen-bond donors (Lipinski definition) is 1. The highest BCUT2D eigenvalue weighted by Gasteiger charge is 2.42.